The topological polar surface area (TPSA) is 40.7 Å². The first-order chi connectivity index (χ1) is 7.75. The summed E-state index contributed by atoms with van der Waals surface area (Å²) in [5, 5.41) is 3.32. The van der Waals surface area contributed by atoms with E-state index in [2.05, 4.69) is 29.1 Å². The van der Waals surface area contributed by atoms with Gasteiger partial charge in [0, 0.05) is 17.6 Å². The van der Waals surface area contributed by atoms with Crippen molar-refractivity contribution in [3.8, 4) is 0 Å². The van der Waals surface area contributed by atoms with Crippen molar-refractivity contribution in [2.24, 2.45) is 0 Å². The Balaban J connectivity index is 1.95. The Labute approximate surface area is 95.9 Å². The van der Waals surface area contributed by atoms with Crippen LogP contribution in [-0.4, -0.2) is 9.97 Å². The van der Waals surface area contributed by atoms with Crippen LogP contribution in [0.5, 0.6) is 0 Å². The first-order valence-corrected chi connectivity index (χ1v) is 5.58. The van der Waals surface area contributed by atoms with E-state index in [0.717, 1.165) is 18.1 Å². The fraction of sp³-hybridized carbons (Fsp3) is 0.308. The van der Waals surface area contributed by atoms with E-state index in [1.54, 1.807) is 0 Å². The highest BCUT2D eigenvalue weighted by atomic mass is 15.0. The van der Waals surface area contributed by atoms with Crippen LogP contribution in [0.4, 0.5) is 5.69 Å². The first kappa shape index (κ1) is 10.7. The van der Waals surface area contributed by atoms with Gasteiger partial charge >= 0.3 is 0 Å². The molecule has 1 heterocycles. The van der Waals surface area contributed by atoms with Gasteiger partial charge in [-0.2, -0.15) is 0 Å². The SMILES string of the molecule is CC(C)c1cnc(CNc2ccccc2)[nH]1. The monoisotopic (exact) mass is 215 g/mol. The van der Waals surface area contributed by atoms with Gasteiger partial charge in [0.25, 0.3) is 0 Å². The van der Waals surface area contributed by atoms with Crippen LogP contribution in [0.3, 0.4) is 0 Å². The lowest BCUT2D eigenvalue weighted by Gasteiger charge is -2.03. The van der Waals surface area contributed by atoms with E-state index in [4.69, 9.17) is 0 Å². The Morgan fingerprint density at radius 3 is 2.62 bits per heavy atom. The maximum absolute atomic E-state index is 4.33. The number of hydrogen-bond acceptors (Lipinski definition) is 2. The summed E-state index contributed by atoms with van der Waals surface area (Å²) in [7, 11) is 0. The zero-order valence-corrected chi connectivity index (χ0v) is 9.70. The highest BCUT2D eigenvalue weighted by molar-refractivity contribution is 5.42. The van der Waals surface area contributed by atoms with E-state index in [1.807, 2.05) is 36.5 Å². The third kappa shape index (κ3) is 2.63. The highest BCUT2D eigenvalue weighted by Gasteiger charge is 2.03. The molecule has 2 rings (SSSR count). The number of H-pyrrole nitrogens is 1. The highest BCUT2D eigenvalue weighted by Crippen LogP contribution is 2.12. The molecule has 2 N–H and O–H groups in total. The summed E-state index contributed by atoms with van der Waals surface area (Å²) in [6.45, 7) is 5.04. The lowest BCUT2D eigenvalue weighted by Crippen LogP contribution is -2.01. The Kier molecular flexibility index (Phi) is 3.25. The molecule has 2 aromatic rings. The molecule has 3 heteroatoms. The van der Waals surface area contributed by atoms with Crippen LogP contribution >= 0.6 is 0 Å². The van der Waals surface area contributed by atoms with Crippen molar-refractivity contribution in [1.82, 2.24) is 9.97 Å². The van der Waals surface area contributed by atoms with E-state index in [-0.39, 0.29) is 0 Å². The van der Waals surface area contributed by atoms with Crippen LogP contribution in [0.1, 0.15) is 31.3 Å². The minimum absolute atomic E-state index is 0.498. The molecule has 3 nitrogen and oxygen atoms in total. The van der Waals surface area contributed by atoms with Crippen LogP contribution in [0, 0.1) is 0 Å². The van der Waals surface area contributed by atoms with Crippen molar-refractivity contribution < 1.29 is 0 Å². The zero-order chi connectivity index (χ0) is 11.4. The van der Waals surface area contributed by atoms with Gasteiger partial charge < -0.3 is 10.3 Å². The standard InChI is InChI=1S/C13H17N3/c1-10(2)12-8-15-13(16-12)9-14-11-6-4-3-5-7-11/h3-8,10,14H,9H2,1-2H3,(H,15,16). The summed E-state index contributed by atoms with van der Waals surface area (Å²) in [6.07, 6.45) is 1.91. The number of rotatable bonds is 4. The Hall–Kier alpha value is -1.77. The van der Waals surface area contributed by atoms with E-state index >= 15 is 0 Å². The molecular formula is C13H17N3. The number of nitrogens with one attached hydrogen (secondary N) is 2. The number of aromatic nitrogens is 2. The maximum atomic E-state index is 4.33. The normalized spacial score (nSPS) is 10.7. The molecule has 0 aliphatic carbocycles. The number of nitrogens with zero attached hydrogens (tertiary/aromatic N) is 1. The number of hydrogen-bond donors (Lipinski definition) is 2. The molecule has 0 atom stereocenters. The van der Waals surface area contributed by atoms with Crippen LogP contribution < -0.4 is 5.32 Å². The second-order valence-electron chi connectivity index (χ2n) is 4.16. The van der Waals surface area contributed by atoms with Gasteiger partial charge in [-0.15, -0.1) is 0 Å². The Morgan fingerprint density at radius 1 is 1.25 bits per heavy atom. The molecule has 0 saturated carbocycles. The van der Waals surface area contributed by atoms with Gasteiger partial charge in [-0.1, -0.05) is 32.0 Å². The molecule has 0 saturated heterocycles. The molecule has 0 radical (unpaired) electrons. The van der Waals surface area contributed by atoms with Crippen molar-refractivity contribution in [3.05, 3.63) is 48.0 Å². The number of imidazole rings is 1. The Bertz CT molecular complexity index is 431. The molecule has 0 spiro atoms. The summed E-state index contributed by atoms with van der Waals surface area (Å²) >= 11 is 0. The average molecular weight is 215 g/mol. The maximum Gasteiger partial charge on any atom is 0.125 e. The molecule has 16 heavy (non-hydrogen) atoms. The second kappa shape index (κ2) is 4.84. The lowest BCUT2D eigenvalue weighted by molar-refractivity contribution is 0.824. The predicted octanol–water partition coefficient (Wildman–Crippen LogP) is 3.15. The fourth-order valence-corrected chi connectivity index (χ4v) is 1.50. The van der Waals surface area contributed by atoms with Crippen molar-refractivity contribution in [1.29, 1.82) is 0 Å². The third-order valence-corrected chi connectivity index (χ3v) is 2.50. The van der Waals surface area contributed by atoms with E-state index < -0.39 is 0 Å². The molecule has 0 bridgehead atoms. The van der Waals surface area contributed by atoms with E-state index in [0.29, 0.717) is 5.92 Å². The van der Waals surface area contributed by atoms with Crippen molar-refractivity contribution in [3.63, 3.8) is 0 Å². The van der Waals surface area contributed by atoms with E-state index in [9.17, 15) is 0 Å². The summed E-state index contributed by atoms with van der Waals surface area (Å²) in [5.41, 5.74) is 2.30. The summed E-state index contributed by atoms with van der Waals surface area (Å²) in [5.74, 6) is 1.48. The molecule has 0 aliphatic heterocycles. The molecule has 1 aromatic carbocycles. The third-order valence-electron chi connectivity index (χ3n) is 2.50. The molecule has 84 valence electrons. The van der Waals surface area contributed by atoms with Gasteiger partial charge in [-0.25, -0.2) is 4.98 Å². The predicted molar refractivity (Wildman–Crippen MR) is 66.4 cm³/mol. The zero-order valence-electron chi connectivity index (χ0n) is 9.70. The Morgan fingerprint density at radius 2 is 2.00 bits per heavy atom. The molecular weight excluding hydrogens is 198 g/mol. The van der Waals surface area contributed by atoms with Crippen LogP contribution in [0.2, 0.25) is 0 Å². The van der Waals surface area contributed by atoms with Crippen LogP contribution in [0.25, 0.3) is 0 Å². The van der Waals surface area contributed by atoms with E-state index in [1.165, 1.54) is 5.69 Å². The smallest absolute Gasteiger partial charge is 0.125 e. The van der Waals surface area contributed by atoms with Crippen LogP contribution in [-0.2, 0) is 6.54 Å². The molecule has 0 aliphatic rings. The minimum atomic E-state index is 0.498. The lowest BCUT2D eigenvalue weighted by atomic mass is 10.2. The number of anilines is 1. The number of benzene rings is 1. The molecule has 0 unspecified atom stereocenters. The van der Waals surface area contributed by atoms with Gasteiger partial charge in [0.1, 0.15) is 5.82 Å². The summed E-state index contributed by atoms with van der Waals surface area (Å²) in [4.78, 5) is 7.64. The van der Waals surface area contributed by atoms with Crippen molar-refractivity contribution >= 4 is 5.69 Å². The largest absolute Gasteiger partial charge is 0.378 e. The second-order valence-corrected chi connectivity index (χ2v) is 4.16. The van der Waals surface area contributed by atoms with Crippen LogP contribution in [0.15, 0.2) is 36.5 Å². The average Bonchev–Trinajstić information content (AvgIpc) is 2.76. The van der Waals surface area contributed by atoms with Gasteiger partial charge in [0.05, 0.1) is 6.54 Å². The van der Waals surface area contributed by atoms with Gasteiger partial charge in [-0.3, -0.25) is 0 Å². The van der Waals surface area contributed by atoms with Gasteiger partial charge in [0.2, 0.25) is 0 Å². The van der Waals surface area contributed by atoms with Crippen molar-refractivity contribution in [2.45, 2.75) is 26.3 Å². The van der Waals surface area contributed by atoms with Crippen molar-refractivity contribution in [2.75, 3.05) is 5.32 Å². The molecule has 0 amide bonds. The first-order valence-electron chi connectivity index (χ1n) is 5.58. The summed E-state index contributed by atoms with van der Waals surface area (Å²) in [6, 6.07) is 10.1. The molecule has 1 aromatic heterocycles. The van der Waals surface area contributed by atoms with Gasteiger partial charge in [0.15, 0.2) is 0 Å². The fourth-order valence-electron chi connectivity index (χ4n) is 1.50. The molecule has 0 fully saturated rings. The summed E-state index contributed by atoms with van der Waals surface area (Å²) < 4.78 is 0. The quantitative estimate of drug-likeness (QED) is 0.822. The minimum Gasteiger partial charge on any atom is -0.378 e. The number of para-hydroxylation sites is 1. The number of aromatic amines is 1. The van der Waals surface area contributed by atoms with Gasteiger partial charge in [-0.05, 0) is 18.1 Å².